The maximum atomic E-state index is 11.8. The molecular formula is C17H24N2O6. The number of nitrogen functional groups attached to an aromatic ring is 1. The molecular weight excluding hydrogens is 328 g/mol. The van der Waals surface area contributed by atoms with Crippen molar-refractivity contribution in [3.05, 3.63) is 29.8 Å². The number of ether oxygens (including phenoxy) is 1. The minimum atomic E-state index is -1.37. The van der Waals surface area contributed by atoms with E-state index in [1.165, 1.54) is 0 Å². The summed E-state index contributed by atoms with van der Waals surface area (Å²) < 4.78 is 5.02. The average Bonchev–Trinajstić information content (AvgIpc) is 2.45. The Bertz CT molecular complexity index is 621. The van der Waals surface area contributed by atoms with Gasteiger partial charge >= 0.3 is 18.0 Å². The van der Waals surface area contributed by atoms with Crippen molar-refractivity contribution >= 4 is 23.7 Å². The van der Waals surface area contributed by atoms with Gasteiger partial charge in [-0.15, -0.1) is 0 Å². The second-order valence-electron chi connectivity index (χ2n) is 6.75. The van der Waals surface area contributed by atoms with Crippen LogP contribution >= 0.6 is 0 Å². The van der Waals surface area contributed by atoms with E-state index in [0.717, 1.165) is 0 Å². The molecule has 25 heavy (non-hydrogen) atoms. The van der Waals surface area contributed by atoms with Crippen molar-refractivity contribution in [3.8, 4) is 0 Å². The molecule has 0 bridgehead atoms. The van der Waals surface area contributed by atoms with Gasteiger partial charge in [0.25, 0.3) is 0 Å². The molecule has 0 saturated carbocycles. The van der Waals surface area contributed by atoms with Crippen LogP contribution in [-0.2, 0) is 20.7 Å². The summed E-state index contributed by atoms with van der Waals surface area (Å²) in [4.78, 5) is 34.6. The lowest BCUT2D eigenvalue weighted by Gasteiger charge is -2.23. The Morgan fingerprint density at radius 3 is 2.12 bits per heavy atom. The van der Waals surface area contributed by atoms with Crippen molar-refractivity contribution in [1.29, 1.82) is 0 Å². The second-order valence-corrected chi connectivity index (χ2v) is 6.75. The van der Waals surface area contributed by atoms with Gasteiger partial charge in [-0.25, -0.2) is 9.59 Å². The van der Waals surface area contributed by atoms with Crippen LogP contribution in [0.15, 0.2) is 24.3 Å². The molecule has 0 spiro atoms. The maximum Gasteiger partial charge on any atom is 0.408 e. The van der Waals surface area contributed by atoms with Gasteiger partial charge in [-0.1, -0.05) is 12.1 Å². The zero-order valence-corrected chi connectivity index (χ0v) is 14.5. The summed E-state index contributed by atoms with van der Waals surface area (Å²) in [6, 6.07) is 5.28. The molecule has 0 fully saturated rings. The van der Waals surface area contributed by atoms with E-state index in [1.54, 1.807) is 45.0 Å². The molecule has 0 aromatic heterocycles. The number of carboxylic acid groups (broad SMARTS) is 2. The van der Waals surface area contributed by atoms with Crippen molar-refractivity contribution in [2.45, 2.75) is 45.3 Å². The molecule has 1 rings (SSSR count). The number of anilines is 1. The molecule has 1 amide bonds. The number of nitrogens with two attached hydrogens (primary N) is 1. The third-order valence-corrected chi connectivity index (χ3v) is 3.32. The molecule has 5 N–H and O–H groups in total. The summed E-state index contributed by atoms with van der Waals surface area (Å²) in [6.07, 6.45) is -1.06. The van der Waals surface area contributed by atoms with Gasteiger partial charge in [0.2, 0.25) is 0 Å². The molecule has 1 aromatic rings. The fourth-order valence-corrected chi connectivity index (χ4v) is 2.17. The molecule has 8 heteroatoms. The van der Waals surface area contributed by atoms with Crippen molar-refractivity contribution in [3.63, 3.8) is 0 Å². The number of hydrogen-bond donors (Lipinski definition) is 4. The Hall–Kier alpha value is -2.77. The summed E-state index contributed by atoms with van der Waals surface area (Å²) >= 11 is 0. The van der Waals surface area contributed by atoms with Crippen molar-refractivity contribution < 1.29 is 29.3 Å². The van der Waals surface area contributed by atoms with E-state index >= 15 is 0 Å². The molecule has 1 aromatic carbocycles. The van der Waals surface area contributed by atoms with E-state index in [1.807, 2.05) is 0 Å². The number of rotatable bonds is 7. The minimum absolute atomic E-state index is 0.120. The van der Waals surface area contributed by atoms with Gasteiger partial charge in [0, 0.05) is 5.69 Å². The predicted molar refractivity (Wildman–Crippen MR) is 91.1 cm³/mol. The molecule has 8 nitrogen and oxygen atoms in total. The number of carbonyl (C=O) groups excluding carboxylic acids is 1. The number of alkyl carbamates (subject to hydrolysis) is 1. The highest BCUT2D eigenvalue weighted by Gasteiger charge is 2.30. The van der Waals surface area contributed by atoms with Gasteiger partial charge in [-0.3, -0.25) is 4.79 Å². The molecule has 0 aliphatic rings. The fourth-order valence-electron chi connectivity index (χ4n) is 2.17. The summed E-state index contributed by atoms with van der Waals surface area (Å²) in [6.45, 7) is 4.93. The number of hydrogen-bond acceptors (Lipinski definition) is 5. The minimum Gasteiger partial charge on any atom is -0.481 e. The fraction of sp³-hybridized carbons (Fsp3) is 0.471. The van der Waals surface area contributed by atoms with Gasteiger partial charge in [-0.05, 0) is 51.3 Å². The first-order valence-corrected chi connectivity index (χ1v) is 7.77. The number of carbonyl (C=O) groups is 3. The van der Waals surface area contributed by atoms with Crippen molar-refractivity contribution in [1.82, 2.24) is 5.32 Å². The highest BCUT2D eigenvalue weighted by molar-refractivity contribution is 5.81. The molecule has 0 aliphatic carbocycles. The molecule has 138 valence electrons. The highest BCUT2D eigenvalue weighted by atomic mass is 16.6. The van der Waals surface area contributed by atoms with Crippen LogP contribution in [0.4, 0.5) is 10.5 Å². The zero-order chi connectivity index (χ0) is 19.2. The summed E-state index contributed by atoms with van der Waals surface area (Å²) in [5, 5.41) is 20.9. The van der Waals surface area contributed by atoms with Crippen LogP contribution < -0.4 is 11.1 Å². The Balaban J connectivity index is 2.80. The normalized spacial score (nSPS) is 13.6. The smallest absolute Gasteiger partial charge is 0.408 e. The van der Waals surface area contributed by atoms with Crippen molar-refractivity contribution in [2.75, 3.05) is 5.73 Å². The average molecular weight is 352 g/mol. The van der Waals surface area contributed by atoms with Crippen LogP contribution in [0, 0.1) is 5.92 Å². The third-order valence-electron chi connectivity index (χ3n) is 3.32. The van der Waals surface area contributed by atoms with Gasteiger partial charge < -0.3 is 26.0 Å². The van der Waals surface area contributed by atoms with Crippen LogP contribution in [0.5, 0.6) is 0 Å². The van der Waals surface area contributed by atoms with Gasteiger partial charge in [0.05, 0.1) is 5.92 Å². The molecule has 0 heterocycles. The summed E-state index contributed by atoms with van der Waals surface area (Å²) in [5.41, 5.74) is 6.06. The highest BCUT2D eigenvalue weighted by Crippen LogP contribution is 2.17. The Kier molecular flexibility index (Phi) is 6.78. The monoisotopic (exact) mass is 352 g/mol. The summed E-state index contributed by atoms with van der Waals surface area (Å²) in [5.74, 6) is -3.46. The second kappa shape index (κ2) is 8.36. The van der Waals surface area contributed by atoms with Gasteiger partial charge in [0.1, 0.15) is 11.6 Å². The van der Waals surface area contributed by atoms with Gasteiger partial charge in [-0.2, -0.15) is 0 Å². The SMILES string of the molecule is CC(C)(C)OC(=O)N[C@@H](C[C@H](Cc1ccc(N)cc1)C(=O)O)C(=O)O. The number of benzene rings is 1. The van der Waals surface area contributed by atoms with E-state index in [0.29, 0.717) is 11.3 Å². The lowest BCUT2D eigenvalue weighted by molar-refractivity contribution is -0.144. The lowest BCUT2D eigenvalue weighted by Crippen LogP contribution is -2.45. The number of amides is 1. The topological polar surface area (TPSA) is 139 Å². The van der Waals surface area contributed by atoms with Crippen LogP contribution in [0.2, 0.25) is 0 Å². The number of carboxylic acids is 2. The summed E-state index contributed by atoms with van der Waals surface area (Å²) in [7, 11) is 0. The van der Waals surface area contributed by atoms with E-state index < -0.39 is 35.6 Å². The first kappa shape index (κ1) is 20.3. The first-order valence-electron chi connectivity index (χ1n) is 7.77. The molecule has 0 unspecified atom stereocenters. The quantitative estimate of drug-likeness (QED) is 0.549. The Labute approximate surface area is 146 Å². The van der Waals surface area contributed by atoms with E-state index in [9.17, 15) is 24.6 Å². The molecule has 0 radical (unpaired) electrons. The molecule has 2 atom stereocenters. The van der Waals surface area contributed by atoms with E-state index in [4.69, 9.17) is 10.5 Å². The van der Waals surface area contributed by atoms with Crippen LogP contribution in [0.25, 0.3) is 0 Å². The standard InChI is InChI=1S/C17H24N2O6/c1-17(2,3)25-16(24)19-13(15(22)23)9-11(14(20)21)8-10-4-6-12(18)7-5-10/h4-7,11,13H,8-9,18H2,1-3H3,(H,19,24)(H,20,21)(H,22,23)/t11-,13-/m0/s1. The first-order chi connectivity index (χ1) is 11.5. The molecule has 0 aliphatic heterocycles. The van der Waals surface area contributed by atoms with E-state index in [2.05, 4.69) is 5.32 Å². The van der Waals surface area contributed by atoms with Crippen molar-refractivity contribution in [2.24, 2.45) is 5.92 Å². The number of nitrogens with one attached hydrogen (secondary N) is 1. The molecule has 0 saturated heterocycles. The van der Waals surface area contributed by atoms with Gasteiger partial charge in [0.15, 0.2) is 0 Å². The Morgan fingerprint density at radius 2 is 1.68 bits per heavy atom. The van der Waals surface area contributed by atoms with Crippen LogP contribution in [0.1, 0.15) is 32.8 Å². The largest absolute Gasteiger partial charge is 0.481 e. The number of aliphatic carboxylic acids is 2. The zero-order valence-electron chi connectivity index (χ0n) is 14.5. The van der Waals surface area contributed by atoms with Crippen LogP contribution in [-0.4, -0.2) is 39.9 Å². The van der Waals surface area contributed by atoms with E-state index in [-0.39, 0.29) is 12.8 Å². The maximum absolute atomic E-state index is 11.8. The predicted octanol–water partition coefficient (Wildman–Crippen LogP) is 1.88. The Morgan fingerprint density at radius 1 is 1.12 bits per heavy atom. The third kappa shape index (κ3) is 7.56. The lowest BCUT2D eigenvalue weighted by atomic mass is 9.92. The van der Waals surface area contributed by atoms with Crippen LogP contribution in [0.3, 0.4) is 0 Å².